The van der Waals surface area contributed by atoms with E-state index in [1.165, 1.54) is 6.92 Å². The number of Topliss-reactive ketones (excluding diaryl/α,β-unsaturated/α-hetero) is 1. The first kappa shape index (κ1) is 8.41. The zero-order chi connectivity index (χ0) is 9.14. The van der Waals surface area contributed by atoms with Crippen molar-refractivity contribution in [3.05, 3.63) is 29.1 Å². The summed E-state index contributed by atoms with van der Waals surface area (Å²) in [7, 11) is 0. The second-order valence-corrected chi connectivity index (χ2v) is 2.53. The van der Waals surface area contributed by atoms with Crippen molar-refractivity contribution >= 4 is 5.78 Å². The smallest absolute Gasteiger partial charge is 0.178 e. The summed E-state index contributed by atoms with van der Waals surface area (Å²) in [6.07, 6.45) is 0. The standard InChI is InChI=1S/C9H8N2O/c1-6-3-4-8(7(2)12)11-9(6)5-10/h3-4H,1-2H3. The molecule has 0 spiro atoms. The van der Waals surface area contributed by atoms with Crippen LogP contribution in [0.2, 0.25) is 0 Å². The monoisotopic (exact) mass is 160 g/mol. The molecule has 0 aliphatic carbocycles. The Kier molecular flexibility index (Phi) is 2.20. The Bertz CT molecular complexity index is 363. The molecular weight excluding hydrogens is 152 g/mol. The lowest BCUT2D eigenvalue weighted by molar-refractivity contribution is 0.101. The fourth-order valence-electron chi connectivity index (χ4n) is 0.838. The van der Waals surface area contributed by atoms with E-state index in [4.69, 9.17) is 5.26 Å². The van der Waals surface area contributed by atoms with Gasteiger partial charge >= 0.3 is 0 Å². The zero-order valence-electron chi connectivity index (χ0n) is 6.96. The third-order valence-corrected chi connectivity index (χ3v) is 1.56. The molecule has 0 saturated carbocycles. The highest BCUT2D eigenvalue weighted by molar-refractivity contribution is 5.92. The molecule has 0 saturated heterocycles. The molecule has 1 heterocycles. The van der Waals surface area contributed by atoms with Gasteiger partial charge in [-0.2, -0.15) is 5.26 Å². The molecule has 0 radical (unpaired) electrons. The van der Waals surface area contributed by atoms with Crippen molar-refractivity contribution < 1.29 is 4.79 Å². The van der Waals surface area contributed by atoms with Gasteiger partial charge in [-0.3, -0.25) is 4.79 Å². The molecule has 3 nitrogen and oxygen atoms in total. The molecule has 0 amide bonds. The van der Waals surface area contributed by atoms with Gasteiger partial charge in [0.2, 0.25) is 0 Å². The summed E-state index contributed by atoms with van der Waals surface area (Å²) in [6, 6.07) is 5.28. The lowest BCUT2D eigenvalue weighted by Crippen LogP contribution is -1.99. The molecule has 60 valence electrons. The van der Waals surface area contributed by atoms with Gasteiger partial charge < -0.3 is 0 Å². The maximum atomic E-state index is 10.9. The van der Waals surface area contributed by atoms with Crippen LogP contribution >= 0.6 is 0 Å². The quantitative estimate of drug-likeness (QED) is 0.584. The predicted octanol–water partition coefficient (Wildman–Crippen LogP) is 1.46. The summed E-state index contributed by atoms with van der Waals surface area (Å²) in [5.41, 5.74) is 1.46. The minimum absolute atomic E-state index is 0.119. The summed E-state index contributed by atoms with van der Waals surface area (Å²) < 4.78 is 0. The molecule has 0 atom stereocenters. The number of carbonyl (C=O) groups is 1. The number of rotatable bonds is 1. The first-order chi connectivity index (χ1) is 5.65. The second-order valence-electron chi connectivity index (χ2n) is 2.53. The van der Waals surface area contributed by atoms with Gasteiger partial charge in [-0.1, -0.05) is 6.07 Å². The Balaban J connectivity index is 3.25. The van der Waals surface area contributed by atoms with Crippen LogP contribution in [0.4, 0.5) is 0 Å². The molecular formula is C9H8N2O. The number of aryl methyl sites for hydroxylation is 1. The summed E-state index contributed by atoms with van der Waals surface area (Å²) >= 11 is 0. The minimum Gasteiger partial charge on any atom is -0.293 e. The Labute approximate surface area is 70.7 Å². The van der Waals surface area contributed by atoms with Gasteiger partial charge in [0.1, 0.15) is 17.5 Å². The molecule has 1 rings (SSSR count). The zero-order valence-corrected chi connectivity index (χ0v) is 6.96. The van der Waals surface area contributed by atoms with Gasteiger partial charge in [0.05, 0.1) is 0 Å². The summed E-state index contributed by atoms with van der Waals surface area (Å²) in [6.45, 7) is 3.22. The van der Waals surface area contributed by atoms with E-state index in [1.807, 2.05) is 6.07 Å². The average molecular weight is 160 g/mol. The first-order valence-corrected chi connectivity index (χ1v) is 3.54. The molecule has 1 aromatic heterocycles. The molecule has 0 unspecified atom stereocenters. The molecule has 0 aromatic carbocycles. The molecule has 12 heavy (non-hydrogen) atoms. The molecule has 0 aliphatic heterocycles. The number of pyridine rings is 1. The van der Waals surface area contributed by atoms with Crippen molar-refractivity contribution in [2.75, 3.05) is 0 Å². The van der Waals surface area contributed by atoms with Gasteiger partial charge in [0.15, 0.2) is 5.78 Å². The normalized spacial score (nSPS) is 9.08. The molecule has 0 aliphatic rings. The number of hydrogen-bond donors (Lipinski definition) is 0. The van der Waals surface area contributed by atoms with Crippen LogP contribution < -0.4 is 0 Å². The van der Waals surface area contributed by atoms with E-state index in [0.717, 1.165) is 5.56 Å². The van der Waals surface area contributed by atoms with Crippen LogP contribution in [0.15, 0.2) is 12.1 Å². The van der Waals surface area contributed by atoms with Crippen molar-refractivity contribution in [2.24, 2.45) is 0 Å². The highest BCUT2D eigenvalue weighted by Gasteiger charge is 2.04. The number of ketones is 1. The van der Waals surface area contributed by atoms with Crippen molar-refractivity contribution in [3.63, 3.8) is 0 Å². The van der Waals surface area contributed by atoms with Crippen molar-refractivity contribution in [1.82, 2.24) is 4.98 Å². The van der Waals surface area contributed by atoms with Crippen LogP contribution in [0.1, 0.15) is 28.7 Å². The average Bonchev–Trinajstić information content (AvgIpc) is 2.05. The van der Waals surface area contributed by atoms with Crippen LogP contribution in [-0.2, 0) is 0 Å². The topological polar surface area (TPSA) is 53.8 Å². The lowest BCUT2D eigenvalue weighted by Gasteiger charge is -1.97. The van der Waals surface area contributed by atoms with Gasteiger partial charge in [-0.15, -0.1) is 0 Å². The third kappa shape index (κ3) is 1.48. The van der Waals surface area contributed by atoms with Gasteiger partial charge in [-0.05, 0) is 18.6 Å². The molecule has 3 heteroatoms. The molecule has 0 bridgehead atoms. The Hall–Kier alpha value is -1.69. The number of aromatic nitrogens is 1. The number of nitrogens with zero attached hydrogens (tertiary/aromatic N) is 2. The van der Waals surface area contributed by atoms with Crippen LogP contribution in [0.5, 0.6) is 0 Å². The first-order valence-electron chi connectivity index (χ1n) is 3.54. The van der Waals surface area contributed by atoms with Crippen molar-refractivity contribution in [1.29, 1.82) is 5.26 Å². The van der Waals surface area contributed by atoms with E-state index in [2.05, 4.69) is 4.98 Å². The lowest BCUT2D eigenvalue weighted by atomic mass is 10.2. The highest BCUT2D eigenvalue weighted by atomic mass is 16.1. The van der Waals surface area contributed by atoms with Crippen LogP contribution in [-0.4, -0.2) is 10.8 Å². The highest BCUT2D eigenvalue weighted by Crippen LogP contribution is 2.05. The van der Waals surface area contributed by atoms with Crippen LogP contribution in [0.25, 0.3) is 0 Å². The fourth-order valence-corrected chi connectivity index (χ4v) is 0.838. The minimum atomic E-state index is -0.119. The maximum Gasteiger partial charge on any atom is 0.178 e. The number of carbonyl (C=O) groups excluding carboxylic acids is 1. The maximum absolute atomic E-state index is 10.9. The second kappa shape index (κ2) is 3.14. The van der Waals surface area contributed by atoms with Gasteiger partial charge in [-0.25, -0.2) is 4.98 Å². The van der Waals surface area contributed by atoms with Crippen LogP contribution in [0.3, 0.4) is 0 Å². The van der Waals surface area contributed by atoms with Gasteiger partial charge in [0, 0.05) is 6.92 Å². The number of nitriles is 1. The van der Waals surface area contributed by atoms with Crippen molar-refractivity contribution in [3.8, 4) is 6.07 Å². The van der Waals surface area contributed by atoms with E-state index >= 15 is 0 Å². The van der Waals surface area contributed by atoms with Gasteiger partial charge in [0.25, 0.3) is 0 Å². The predicted molar refractivity (Wildman–Crippen MR) is 43.7 cm³/mol. The van der Waals surface area contributed by atoms with Crippen molar-refractivity contribution in [2.45, 2.75) is 13.8 Å². The molecule has 0 fully saturated rings. The SMILES string of the molecule is CC(=O)c1ccc(C)c(C#N)n1. The summed E-state index contributed by atoms with van der Waals surface area (Å²) in [4.78, 5) is 14.7. The summed E-state index contributed by atoms with van der Waals surface area (Å²) in [5.74, 6) is -0.119. The van der Waals surface area contributed by atoms with Crippen LogP contribution in [0, 0.1) is 18.3 Å². The van der Waals surface area contributed by atoms with E-state index < -0.39 is 0 Å². The van der Waals surface area contributed by atoms with E-state index in [1.54, 1.807) is 19.1 Å². The molecule has 1 aromatic rings. The Morgan fingerprint density at radius 1 is 1.58 bits per heavy atom. The largest absolute Gasteiger partial charge is 0.293 e. The van der Waals surface area contributed by atoms with E-state index in [9.17, 15) is 4.79 Å². The Morgan fingerprint density at radius 2 is 2.25 bits per heavy atom. The van der Waals surface area contributed by atoms with E-state index in [-0.39, 0.29) is 5.78 Å². The summed E-state index contributed by atoms with van der Waals surface area (Å²) in [5, 5.41) is 8.60. The Morgan fingerprint density at radius 3 is 2.75 bits per heavy atom. The molecule has 0 N–H and O–H groups in total. The van der Waals surface area contributed by atoms with E-state index in [0.29, 0.717) is 11.4 Å². The number of hydrogen-bond acceptors (Lipinski definition) is 3. The fraction of sp³-hybridized carbons (Fsp3) is 0.222. The third-order valence-electron chi connectivity index (χ3n) is 1.56.